The Bertz CT molecular complexity index is 419. The van der Waals surface area contributed by atoms with Gasteiger partial charge in [0.25, 0.3) is 0 Å². The maximum absolute atomic E-state index is 5.52. The lowest BCUT2D eigenvalue weighted by atomic mass is 9.91. The number of halogens is 1. The number of hydrogen-bond acceptors (Lipinski definition) is 3. The molecule has 0 saturated carbocycles. The van der Waals surface area contributed by atoms with Gasteiger partial charge in [0.2, 0.25) is 0 Å². The molecule has 0 saturated heterocycles. The van der Waals surface area contributed by atoms with Crippen LogP contribution >= 0.6 is 35.3 Å². The van der Waals surface area contributed by atoms with Crippen LogP contribution in [-0.4, -0.2) is 38.8 Å². The van der Waals surface area contributed by atoms with Crippen molar-refractivity contribution in [2.24, 2.45) is 4.99 Å². The molecule has 2 N–H and O–H groups in total. The van der Waals surface area contributed by atoms with Gasteiger partial charge < -0.3 is 15.4 Å². The van der Waals surface area contributed by atoms with E-state index in [-0.39, 0.29) is 29.4 Å². The van der Waals surface area contributed by atoms with Crippen molar-refractivity contribution in [2.45, 2.75) is 45.6 Å². The summed E-state index contributed by atoms with van der Waals surface area (Å²) in [5.41, 5.74) is 0.104. The average molecular weight is 439 g/mol. The van der Waals surface area contributed by atoms with Crippen LogP contribution in [0.1, 0.15) is 39.0 Å². The van der Waals surface area contributed by atoms with Crippen molar-refractivity contribution in [3.05, 3.63) is 22.4 Å². The van der Waals surface area contributed by atoms with E-state index in [9.17, 15) is 0 Å². The molecule has 1 heterocycles. The minimum atomic E-state index is 0. The van der Waals surface area contributed by atoms with E-state index < -0.39 is 0 Å². The van der Waals surface area contributed by atoms with Crippen LogP contribution in [0.5, 0.6) is 0 Å². The molecule has 0 aromatic carbocycles. The third-order valence-corrected chi connectivity index (χ3v) is 4.41. The largest absolute Gasteiger partial charge is 0.379 e. The summed E-state index contributed by atoms with van der Waals surface area (Å²) in [5, 5.41) is 8.85. The number of nitrogens with one attached hydrogen (secondary N) is 2. The van der Waals surface area contributed by atoms with Crippen molar-refractivity contribution in [1.29, 1.82) is 0 Å². The zero-order chi connectivity index (χ0) is 15.7. The minimum absolute atomic E-state index is 0. The quantitative estimate of drug-likeness (QED) is 0.282. The molecule has 0 aliphatic carbocycles. The topological polar surface area (TPSA) is 45.7 Å². The molecule has 0 spiro atoms. The van der Waals surface area contributed by atoms with Gasteiger partial charge in [0.05, 0.1) is 6.10 Å². The molecule has 1 aromatic heterocycles. The first kappa shape index (κ1) is 21.7. The smallest absolute Gasteiger partial charge is 0.191 e. The Morgan fingerprint density at radius 2 is 2.09 bits per heavy atom. The van der Waals surface area contributed by atoms with Crippen LogP contribution in [0.3, 0.4) is 0 Å². The SMILES string of the molecule is CN=C(NCCCOC(C)C)NCC(C)(C)c1cccs1.I. The van der Waals surface area contributed by atoms with Gasteiger partial charge in [-0.2, -0.15) is 0 Å². The first-order valence-electron chi connectivity index (χ1n) is 7.56. The molecule has 0 aliphatic heterocycles. The van der Waals surface area contributed by atoms with Gasteiger partial charge in [0.15, 0.2) is 5.96 Å². The van der Waals surface area contributed by atoms with Crippen LogP contribution in [0.25, 0.3) is 0 Å². The van der Waals surface area contributed by atoms with E-state index in [1.807, 2.05) is 0 Å². The fourth-order valence-electron chi connectivity index (χ4n) is 1.87. The first-order valence-corrected chi connectivity index (χ1v) is 8.44. The molecule has 0 fully saturated rings. The molecule has 22 heavy (non-hydrogen) atoms. The number of rotatable bonds is 8. The highest BCUT2D eigenvalue weighted by Crippen LogP contribution is 2.26. The standard InChI is InChI=1S/C16H29N3OS.HI/c1-13(2)20-10-7-9-18-15(17-5)19-12-16(3,4)14-8-6-11-21-14;/h6,8,11,13H,7,9-10,12H2,1-5H3,(H2,17,18,19);1H. The number of guanidine groups is 1. The van der Waals surface area contributed by atoms with Crippen LogP contribution in [0.2, 0.25) is 0 Å². The van der Waals surface area contributed by atoms with Gasteiger partial charge in [0.1, 0.15) is 0 Å². The Morgan fingerprint density at radius 3 is 2.64 bits per heavy atom. The zero-order valence-electron chi connectivity index (χ0n) is 14.3. The summed E-state index contributed by atoms with van der Waals surface area (Å²) in [5.74, 6) is 0.851. The van der Waals surface area contributed by atoms with Crippen molar-refractivity contribution < 1.29 is 4.74 Å². The second kappa shape index (κ2) is 11.2. The molecule has 0 atom stereocenters. The third-order valence-electron chi connectivity index (χ3n) is 3.17. The summed E-state index contributed by atoms with van der Waals surface area (Å²) >= 11 is 1.80. The Morgan fingerprint density at radius 1 is 1.36 bits per heavy atom. The highest BCUT2D eigenvalue weighted by Gasteiger charge is 2.21. The van der Waals surface area contributed by atoms with Gasteiger partial charge in [-0.15, -0.1) is 35.3 Å². The van der Waals surface area contributed by atoms with E-state index in [0.29, 0.717) is 6.10 Å². The molecule has 6 heteroatoms. The summed E-state index contributed by atoms with van der Waals surface area (Å²) in [4.78, 5) is 5.65. The molecular formula is C16H30IN3OS. The molecule has 0 amide bonds. The molecule has 1 rings (SSSR count). The van der Waals surface area contributed by atoms with Gasteiger partial charge in [-0.3, -0.25) is 4.99 Å². The van der Waals surface area contributed by atoms with Crippen molar-refractivity contribution >= 4 is 41.3 Å². The lowest BCUT2D eigenvalue weighted by Crippen LogP contribution is -2.43. The van der Waals surface area contributed by atoms with Crippen LogP contribution in [0.4, 0.5) is 0 Å². The Hall–Kier alpha value is -0.340. The maximum atomic E-state index is 5.52. The van der Waals surface area contributed by atoms with E-state index in [2.05, 4.69) is 60.8 Å². The molecule has 128 valence electrons. The van der Waals surface area contributed by atoms with Gasteiger partial charge in [0, 0.05) is 37.0 Å². The number of aliphatic imine (C=N–C) groups is 1. The summed E-state index contributed by atoms with van der Waals surface area (Å²) in [6, 6.07) is 4.29. The molecule has 1 aromatic rings. The Kier molecular flexibility index (Phi) is 11.1. The van der Waals surface area contributed by atoms with E-state index in [4.69, 9.17) is 4.74 Å². The molecule has 0 radical (unpaired) electrons. The predicted molar refractivity (Wildman–Crippen MR) is 108 cm³/mol. The van der Waals surface area contributed by atoms with Gasteiger partial charge in [-0.05, 0) is 31.7 Å². The fraction of sp³-hybridized carbons (Fsp3) is 0.688. The summed E-state index contributed by atoms with van der Waals surface area (Å²) in [6.45, 7) is 11.1. The first-order chi connectivity index (χ1) is 9.95. The number of nitrogens with zero attached hydrogens (tertiary/aromatic N) is 1. The van der Waals surface area contributed by atoms with Crippen LogP contribution in [-0.2, 0) is 10.2 Å². The summed E-state index contributed by atoms with van der Waals surface area (Å²) < 4.78 is 5.52. The summed E-state index contributed by atoms with van der Waals surface area (Å²) in [6.07, 6.45) is 1.28. The van der Waals surface area contributed by atoms with E-state index in [0.717, 1.165) is 32.1 Å². The third kappa shape index (κ3) is 8.33. The Balaban J connectivity index is 0.00000441. The van der Waals surface area contributed by atoms with E-state index in [1.54, 1.807) is 18.4 Å². The molecular weight excluding hydrogens is 409 g/mol. The monoisotopic (exact) mass is 439 g/mol. The molecule has 0 unspecified atom stereocenters. The minimum Gasteiger partial charge on any atom is -0.379 e. The van der Waals surface area contributed by atoms with Crippen LogP contribution in [0.15, 0.2) is 22.5 Å². The summed E-state index contributed by atoms with van der Waals surface area (Å²) in [7, 11) is 1.80. The van der Waals surface area contributed by atoms with Gasteiger partial charge in [-0.25, -0.2) is 0 Å². The normalized spacial score (nSPS) is 12.2. The second-order valence-electron chi connectivity index (χ2n) is 5.99. The second-order valence-corrected chi connectivity index (χ2v) is 6.93. The molecule has 4 nitrogen and oxygen atoms in total. The maximum Gasteiger partial charge on any atom is 0.191 e. The lowest BCUT2D eigenvalue weighted by molar-refractivity contribution is 0.0776. The van der Waals surface area contributed by atoms with E-state index in [1.165, 1.54) is 4.88 Å². The number of hydrogen-bond donors (Lipinski definition) is 2. The average Bonchev–Trinajstić information content (AvgIpc) is 2.96. The molecule has 0 bridgehead atoms. The van der Waals surface area contributed by atoms with Crippen LogP contribution in [0, 0.1) is 0 Å². The highest BCUT2D eigenvalue weighted by molar-refractivity contribution is 14.0. The predicted octanol–water partition coefficient (Wildman–Crippen LogP) is 3.62. The lowest BCUT2D eigenvalue weighted by Gasteiger charge is -2.25. The van der Waals surface area contributed by atoms with Crippen molar-refractivity contribution in [2.75, 3.05) is 26.7 Å². The van der Waals surface area contributed by atoms with Crippen molar-refractivity contribution in [3.8, 4) is 0 Å². The van der Waals surface area contributed by atoms with Gasteiger partial charge in [-0.1, -0.05) is 19.9 Å². The highest BCUT2D eigenvalue weighted by atomic mass is 127. The van der Waals surface area contributed by atoms with Crippen LogP contribution < -0.4 is 10.6 Å². The van der Waals surface area contributed by atoms with Gasteiger partial charge >= 0.3 is 0 Å². The number of thiophene rings is 1. The number of ether oxygens (including phenoxy) is 1. The van der Waals surface area contributed by atoms with Crippen molar-refractivity contribution in [3.63, 3.8) is 0 Å². The Labute approximate surface area is 156 Å². The van der Waals surface area contributed by atoms with E-state index >= 15 is 0 Å². The fourth-order valence-corrected chi connectivity index (χ4v) is 2.73. The zero-order valence-corrected chi connectivity index (χ0v) is 17.5. The van der Waals surface area contributed by atoms with Crippen molar-refractivity contribution in [1.82, 2.24) is 10.6 Å². The molecule has 0 aliphatic rings.